The molecule has 0 saturated carbocycles. The molecule has 9 aromatic rings. The van der Waals surface area contributed by atoms with Crippen LogP contribution in [0, 0.1) is 13.8 Å². The molecule has 3 nitrogen and oxygen atoms in total. The molecule has 6 heterocycles. The van der Waals surface area contributed by atoms with Gasteiger partial charge in [0.1, 0.15) is 0 Å². The molecule has 0 amide bonds. The summed E-state index contributed by atoms with van der Waals surface area (Å²) in [4.78, 5) is 0. The minimum atomic E-state index is 0.0576. The molecule has 4 aromatic heterocycles. The lowest BCUT2D eigenvalue weighted by molar-refractivity contribution is -0.727. The van der Waals surface area contributed by atoms with Gasteiger partial charge in [0.05, 0.1) is 28.0 Å². The lowest BCUT2D eigenvalue weighted by Crippen LogP contribution is -2.53. The fraction of sp³-hybridized carbons (Fsp3) is 0.125. The highest BCUT2D eigenvalue weighted by molar-refractivity contribution is 6.23. The molecular formula is C48H37N3+2. The van der Waals surface area contributed by atoms with Gasteiger partial charge in [0.25, 0.3) is 0 Å². The molecule has 0 fully saturated rings. The maximum absolute atomic E-state index is 5.01. The van der Waals surface area contributed by atoms with Gasteiger partial charge >= 0.3 is 0 Å². The zero-order chi connectivity index (χ0) is 34.0. The number of rotatable bonds is 1. The minimum absolute atomic E-state index is 0.0576. The van der Waals surface area contributed by atoms with E-state index < -0.39 is 0 Å². The molecule has 5 aromatic carbocycles. The second kappa shape index (κ2) is 10.5. The van der Waals surface area contributed by atoms with Gasteiger partial charge in [-0.05, 0) is 91.4 Å². The molecule has 0 N–H and O–H groups in total. The zero-order valence-corrected chi connectivity index (χ0v) is 28.9. The number of hydrogen-bond donors (Lipinski definition) is 0. The van der Waals surface area contributed by atoms with Crippen molar-refractivity contribution in [1.29, 1.82) is 0 Å². The third-order valence-corrected chi connectivity index (χ3v) is 12.0. The van der Waals surface area contributed by atoms with Crippen LogP contribution in [0.25, 0.3) is 77.4 Å². The zero-order valence-electron chi connectivity index (χ0n) is 28.9. The summed E-state index contributed by atoms with van der Waals surface area (Å²) in [6.07, 6.45) is 6.63. The highest BCUT2D eigenvalue weighted by Gasteiger charge is 2.47. The van der Waals surface area contributed by atoms with E-state index in [0.29, 0.717) is 0 Å². The summed E-state index contributed by atoms with van der Waals surface area (Å²) in [7, 11) is 0. The van der Waals surface area contributed by atoms with Crippen LogP contribution in [0.2, 0.25) is 0 Å². The van der Waals surface area contributed by atoms with Crippen molar-refractivity contribution in [2.24, 2.45) is 0 Å². The Labute approximate surface area is 297 Å². The largest absolute Gasteiger partial charge is 0.308 e. The van der Waals surface area contributed by atoms with Crippen molar-refractivity contribution >= 4 is 43.8 Å². The van der Waals surface area contributed by atoms with Gasteiger partial charge in [-0.25, -0.2) is 0 Å². The van der Waals surface area contributed by atoms with Crippen molar-refractivity contribution in [3.8, 4) is 33.6 Å². The van der Waals surface area contributed by atoms with Gasteiger partial charge < -0.3 is 4.40 Å². The van der Waals surface area contributed by atoms with Crippen LogP contribution in [-0.2, 0) is 6.42 Å². The van der Waals surface area contributed by atoms with Gasteiger partial charge in [-0.15, -0.1) is 0 Å². The van der Waals surface area contributed by atoms with E-state index in [2.05, 4.69) is 167 Å². The lowest BCUT2D eigenvalue weighted by Gasteiger charge is -2.29. The van der Waals surface area contributed by atoms with Crippen molar-refractivity contribution in [2.45, 2.75) is 38.6 Å². The number of aryl methyl sites for hydroxylation is 3. The molecule has 0 aliphatic carbocycles. The Morgan fingerprint density at radius 3 is 2.24 bits per heavy atom. The Kier molecular flexibility index (Phi) is 5.90. The van der Waals surface area contributed by atoms with E-state index in [9.17, 15) is 0 Å². The van der Waals surface area contributed by atoms with E-state index in [4.69, 9.17) is 6.58 Å². The molecule has 0 bridgehead atoms. The predicted octanol–water partition coefficient (Wildman–Crippen LogP) is 10.8. The molecule has 2 unspecified atom stereocenters. The Morgan fingerprint density at radius 1 is 0.608 bits per heavy atom. The number of fused-ring (bicyclic) bond motifs is 15. The topological polar surface area (TPSA) is 12.2 Å². The van der Waals surface area contributed by atoms with Crippen molar-refractivity contribution in [1.82, 2.24) is 4.40 Å². The first-order valence-corrected chi connectivity index (χ1v) is 18.2. The second-order valence-electron chi connectivity index (χ2n) is 14.7. The summed E-state index contributed by atoms with van der Waals surface area (Å²) in [6.45, 7) is 9.50. The summed E-state index contributed by atoms with van der Waals surface area (Å²) < 4.78 is 7.47. The van der Waals surface area contributed by atoms with E-state index in [0.717, 1.165) is 18.5 Å². The first-order valence-electron chi connectivity index (χ1n) is 18.2. The SMILES string of the molecule is C=C1C2C(CCc3cc4c(cc3-c3cc(C)c(-c5ccccc5C)c[n+]31)c1cccc3c5ccccc5n4c31)c1ccccc1-c1cccc[n+]12. The number of benzene rings is 5. The summed E-state index contributed by atoms with van der Waals surface area (Å²) >= 11 is 0. The standard InChI is InChI=1S/C48H37N3/c1-29-13-4-5-14-33(29)42-28-50-31(3)47-39(34-15-6-7-16-35(34)43-20-10-11-24-49(43)47)23-22-32-26-46-41(27-40(32)45(50)25-30(42)2)38-19-12-18-37-36-17-8-9-21-44(36)51(46)48(37)38/h4-21,24-28,39,47H,3,22-23H2,1-2H3/q+2. The quantitative estimate of drug-likeness (QED) is 0.156. The Morgan fingerprint density at radius 2 is 1.35 bits per heavy atom. The molecule has 51 heavy (non-hydrogen) atoms. The van der Waals surface area contributed by atoms with Crippen LogP contribution in [-0.4, -0.2) is 4.40 Å². The normalized spacial score (nSPS) is 16.7. The van der Waals surface area contributed by atoms with Crippen molar-refractivity contribution in [3.05, 3.63) is 169 Å². The number of aromatic nitrogens is 3. The van der Waals surface area contributed by atoms with Gasteiger partial charge in [0.15, 0.2) is 12.4 Å². The lowest BCUT2D eigenvalue weighted by atomic mass is 9.78. The van der Waals surface area contributed by atoms with E-state index in [1.807, 2.05) is 0 Å². The molecule has 11 rings (SSSR count). The maximum Gasteiger partial charge on any atom is 0.249 e. The van der Waals surface area contributed by atoms with Gasteiger partial charge in [-0.2, -0.15) is 9.13 Å². The molecular weight excluding hydrogens is 619 g/mol. The Hall–Kier alpha value is -6.06. The van der Waals surface area contributed by atoms with Crippen LogP contribution in [0.5, 0.6) is 0 Å². The van der Waals surface area contributed by atoms with Crippen LogP contribution in [0.1, 0.15) is 40.6 Å². The monoisotopic (exact) mass is 655 g/mol. The van der Waals surface area contributed by atoms with E-state index in [-0.39, 0.29) is 12.0 Å². The number of para-hydroxylation sites is 2. The highest BCUT2D eigenvalue weighted by atomic mass is 15.1. The third-order valence-electron chi connectivity index (χ3n) is 12.0. The number of hydrogen-bond acceptors (Lipinski definition) is 0. The second-order valence-corrected chi connectivity index (χ2v) is 14.7. The van der Waals surface area contributed by atoms with E-state index in [1.165, 1.54) is 94.0 Å². The molecule has 0 saturated heterocycles. The summed E-state index contributed by atoms with van der Waals surface area (Å²) in [5, 5.41) is 5.26. The van der Waals surface area contributed by atoms with Gasteiger partial charge in [0.2, 0.25) is 23.1 Å². The molecule has 242 valence electrons. The average molecular weight is 656 g/mol. The summed E-state index contributed by atoms with van der Waals surface area (Å²) in [6, 6.07) is 47.6. The van der Waals surface area contributed by atoms with Crippen LogP contribution < -0.4 is 9.13 Å². The number of allylic oxidation sites excluding steroid dienone is 1. The molecule has 3 heteroatoms. The number of pyridine rings is 2. The molecule has 2 aliphatic heterocycles. The van der Waals surface area contributed by atoms with Crippen molar-refractivity contribution < 1.29 is 9.13 Å². The van der Waals surface area contributed by atoms with E-state index >= 15 is 0 Å². The van der Waals surface area contributed by atoms with E-state index in [1.54, 1.807) is 0 Å². The first-order chi connectivity index (χ1) is 25.1. The van der Waals surface area contributed by atoms with Crippen LogP contribution >= 0.6 is 0 Å². The van der Waals surface area contributed by atoms with Crippen LogP contribution in [0.4, 0.5) is 0 Å². The Balaban J connectivity index is 1.25. The van der Waals surface area contributed by atoms with Crippen molar-refractivity contribution in [3.63, 3.8) is 0 Å². The minimum Gasteiger partial charge on any atom is -0.308 e. The summed E-state index contributed by atoms with van der Waals surface area (Å²) in [5.74, 6) is 0.257. The maximum atomic E-state index is 5.01. The molecule has 2 aliphatic rings. The fourth-order valence-electron chi connectivity index (χ4n) is 9.72. The van der Waals surface area contributed by atoms with Gasteiger partial charge in [-0.3, -0.25) is 0 Å². The van der Waals surface area contributed by atoms with Crippen LogP contribution in [0.3, 0.4) is 0 Å². The first kappa shape index (κ1) is 28.7. The van der Waals surface area contributed by atoms with Crippen LogP contribution in [0.15, 0.2) is 146 Å². The highest BCUT2D eigenvalue weighted by Crippen LogP contribution is 2.47. The predicted molar refractivity (Wildman–Crippen MR) is 209 cm³/mol. The smallest absolute Gasteiger partial charge is 0.249 e. The molecule has 2 atom stereocenters. The van der Waals surface area contributed by atoms with Gasteiger partial charge in [0, 0.05) is 50.9 Å². The molecule has 0 radical (unpaired) electrons. The summed E-state index contributed by atoms with van der Waals surface area (Å²) in [5.41, 5.74) is 17.9. The third kappa shape index (κ3) is 3.89. The average Bonchev–Trinajstić information content (AvgIpc) is 3.69. The fourth-order valence-corrected chi connectivity index (χ4v) is 9.72. The molecule has 0 spiro atoms. The number of nitrogens with zero attached hydrogens (tertiary/aromatic N) is 3. The van der Waals surface area contributed by atoms with Crippen molar-refractivity contribution in [2.75, 3.05) is 0 Å². The van der Waals surface area contributed by atoms with Gasteiger partial charge in [-0.1, -0.05) is 78.9 Å². The Bertz CT molecular complexity index is 2930.